The summed E-state index contributed by atoms with van der Waals surface area (Å²) in [5.41, 5.74) is 4.31. The Morgan fingerprint density at radius 2 is 1.80 bits per heavy atom. The van der Waals surface area contributed by atoms with Crippen molar-refractivity contribution in [2.24, 2.45) is 0 Å². The third kappa shape index (κ3) is 6.88. The fourth-order valence-electron chi connectivity index (χ4n) is 3.58. The number of ether oxygens (including phenoxy) is 2. The molecule has 1 aliphatic heterocycles. The molecule has 2 aromatic rings. The first kappa shape index (κ1) is 26.8. The third-order valence-electron chi connectivity index (χ3n) is 5.25. The number of likely N-dealkylation sites (tertiary alicyclic amines) is 1. The molecule has 0 aliphatic carbocycles. The monoisotopic (exact) mass is 557 g/mol. The first-order valence-corrected chi connectivity index (χ1v) is 11.8. The van der Waals surface area contributed by atoms with Crippen LogP contribution in [-0.4, -0.2) is 41.7 Å². The van der Waals surface area contributed by atoms with Crippen molar-refractivity contribution in [2.75, 3.05) is 24.1 Å². The molecule has 0 radical (unpaired) electrons. The van der Waals surface area contributed by atoms with E-state index in [1.807, 2.05) is 0 Å². The lowest BCUT2D eigenvalue weighted by Gasteiger charge is -2.34. The Balaban J connectivity index is 1.77. The van der Waals surface area contributed by atoms with E-state index in [1.54, 1.807) is 49.9 Å². The molecule has 3 rings (SSSR count). The van der Waals surface area contributed by atoms with E-state index in [4.69, 9.17) is 15.2 Å². The molecule has 1 atom stereocenters. The van der Waals surface area contributed by atoms with Gasteiger partial charge in [0.05, 0.1) is 11.8 Å². The highest BCUT2D eigenvalue weighted by Gasteiger charge is 2.32. The number of anilines is 2. The molecule has 2 aromatic carbocycles. The number of halogens is 4. The van der Waals surface area contributed by atoms with E-state index in [1.165, 1.54) is 0 Å². The number of carbonyl (C=O) groups excluding carboxylic acids is 2. The molecule has 0 spiro atoms. The lowest BCUT2D eigenvalue weighted by Crippen LogP contribution is -2.44. The van der Waals surface area contributed by atoms with Gasteiger partial charge in [-0.2, -0.15) is 0 Å². The second-order valence-electron chi connectivity index (χ2n) is 9.18. The standard InChI is InChI=1S/C24H27BrF3N3O4/c1-24(2,3)35-23(33)31-9-7-15(8-10-31)34-21(13-5-4-6-14(25)11-13)22(32)30-20-17(29)12-16(26)18(27)19(20)28/h4-6,11-12,15,21H,7-10,29H2,1-3H3,(H,30,32). The van der Waals surface area contributed by atoms with Crippen molar-refractivity contribution >= 4 is 39.3 Å². The van der Waals surface area contributed by atoms with Crippen LogP contribution in [0.25, 0.3) is 0 Å². The van der Waals surface area contributed by atoms with Gasteiger partial charge in [-0.25, -0.2) is 18.0 Å². The summed E-state index contributed by atoms with van der Waals surface area (Å²) in [6.45, 7) is 6.06. The van der Waals surface area contributed by atoms with Gasteiger partial charge in [-0.15, -0.1) is 0 Å². The molecule has 1 heterocycles. The van der Waals surface area contributed by atoms with Gasteiger partial charge in [0, 0.05) is 23.6 Å². The van der Waals surface area contributed by atoms with Gasteiger partial charge in [0.1, 0.15) is 11.3 Å². The van der Waals surface area contributed by atoms with Crippen molar-refractivity contribution in [3.63, 3.8) is 0 Å². The van der Waals surface area contributed by atoms with E-state index in [9.17, 15) is 22.8 Å². The van der Waals surface area contributed by atoms with Crippen molar-refractivity contribution in [2.45, 2.75) is 51.4 Å². The van der Waals surface area contributed by atoms with Crippen LogP contribution >= 0.6 is 15.9 Å². The summed E-state index contributed by atoms with van der Waals surface area (Å²) < 4.78 is 53.6. The highest BCUT2D eigenvalue weighted by Crippen LogP contribution is 2.31. The van der Waals surface area contributed by atoms with Crippen molar-refractivity contribution < 1.29 is 32.2 Å². The Bertz CT molecular complexity index is 1100. The van der Waals surface area contributed by atoms with Gasteiger partial charge in [0.25, 0.3) is 5.91 Å². The van der Waals surface area contributed by atoms with Crippen molar-refractivity contribution in [1.29, 1.82) is 0 Å². The highest BCUT2D eigenvalue weighted by molar-refractivity contribution is 9.10. The summed E-state index contributed by atoms with van der Waals surface area (Å²) in [5.74, 6) is -5.62. The molecule has 190 valence electrons. The second kappa shape index (κ2) is 10.9. The Labute approximate surface area is 209 Å². The maximum Gasteiger partial charge on any atom is 0.410 e. The number of hydrogen-bond donors (Lipinski definition) is 2. The molecule has 3 N–H and O–H groups in total. The van der Waals surface area contributed by atoms with Crippen LogP contribution in [0.2, 0.25) is 0 Å². The number of amides is 2. The van der Waals surface area contributed by atoms with Gasteiger partial charge in [0.15, 0.2) is 23.6 Å². The SMILES string of the molecule is CC(C)(C)OC(=O)N1CCC(OC(C(=O)Nc2c(N)cc(F)c(F)c2F)c2cccc(Br)c2)CC1. The molecule has 0 saturated carbocycles. The van der Waals surface area contributed by atoms with Crippen LogP contribution in [-0.2, 0) is 14.3 Å². The number of nitrogen functional groups attached to an aromatic ring is 1. The minimum absolute atomic E-state index is 0.358. The molecule has 11 heteroatoms. The van der Waals surface area contributed by atoms with Gasteiger partial charge in [0.2, 0.25) is 0 Å². The van der Waals surface area contributed by atoms with Crippen LogP contribution in [0.15, 0.2) is 34.8 Å². The van der Waals surface area contributed by atoms with E-state index in [-0.39, 0.29) is 0 Å². The lowest BCUT2D eigenvalue weighted by molar-refractivity contribution is -0.134. The van der Waals surface area contributed by atoms with E-state index < -0.39 is 58.6 Å². The quantitative estimate of drug-likeness (QED) is 0.371. The van der Waals surface area contributed by atoms with Gasteiger partial charge in [-0.05, 0) is 51.3 Å². The summed E-state index contributed by atoms with van der Waals surface area (Å²) >= 11 is 3.34. The smallest absolute Gasteiger partial charge is 0.410 e. The van der Waals surface area contributed by atoms with Crippen LogP contribution in [0.3, 0.4) is 0 Å². The van der Waals surface area contributed by atoms with Crippen LogP contribution in [0, 0.1) is 17.5 Å². The zero-order chi connectivity index (χ0) is 25.9. The molecule has 0 bridgehead atoms. The highest BCUT2D eigenvalue weighted by atomic mass is 79.9. The predicted octanol–water partition coefficient (Wildman–Crippen LogP) is 5.54. The van der Waals surface area contributed by atoms with Crippen LogP contribution < -0.4 is 11.1 Å². The van der Waals surface area contributed by atoms with E-state index in [2.05, 4.69) is 21.2 Å². The maximum atomic E-state index is 14.3. The number of nitrogens with zero attached hydrogens (tertiary/aromatic N) is 1. The number of benzene rings is 2. The molecule has 1 saturated heterocycles. The summed E-state index contributed by atoms with van der Waals surface area (Å²) in [6, 6.07) is 7.35. The van der Waals surface area contributed by atoms with E-state index in [0.717, 1.165) is 0 Å². The molecular weight excluding hydrogens is 531 g/mol. The molecule has 7 nitrogen and oxygen atoms in total. The number of piperidine rings is 1. The summed E-state index contributed by atoms with van der Waals surface area (Å²) in [5, 5.41) is 2.24. The van der Waals surface area contributed by atoms with Crippen molar-refractivity contribution in [3.05, 3.63) is 57.8 Å². The first-order valence-electron chi connectivity index (χ1n) is 11.0. The Kier molecular flexibility index (Phi) is 8.32. The molecule has 1 aliphatic rings. The average Bonchev–Trinajstić information content (AvgIpc) is 2.78. The zero-order valence-corrected chi connectivity index (χ0v) is 21.1. The molecule has 2 amide bonds. The van der Waals surface area contributed by atoms with E-state index in [0.29, 0.717) is 42.0 Å². The Morgan fingerprint density at radius 1 is 1.14 bits per heavy atom. The van der Waals surface area contributed by atoms with Gasteiger partial charge in [-0.1, -0.05) is 28.1 Å². The van der Waals surface area contributed by atoms with E-state index >= 15 is 0 Å². The van der Waals surface area contributed by atoms with Gasteiger partial charge >= 0.3 is 6.09 Å². The average molecular weight is 558 g/mol. The molecule has 35 heavy (non-hydrogen) atoms. The summed E-state index contributed by atoms with van der Waals surface area (Å²) in [7, 11) is 0. The van der Waals surface area contributed by atoms with Crippen LogP contribution in [0.5, 0.6) is 0 Å². The van der Waals surface area contributed by atoms with Gasteiger partial charge in [-0.3, -0.25) is 4.79 Å². The van der Waals surface area contributed by atoms with Crippen molar-refractivity contribution in [1.82, 2.24) is 4.90 Å². The molecule has 1 unspecified atom stereocenters. The Hall–Kier alpha value is -2.79. The first-order chi connectivity index (χ1) is 16.4. The van der Waals surface area contributed by atoms with Crippen molar-refractivity contribution in [3.8, 4) is 0 Å². The number of carbonyl (C=O) groups is 2. The molecular formula is C24H27BrF3N3O4. The maximum absolute atomic E-state index is 14.3. The topological polar surface area (TPSA) is 93.9 Å². The number of rotatable bonds is 5. The predicted molar refractivity (Wildman–Crippen MR) is 128 cm³/mol. The fraction of sp³-hybridized carbons (Fsp3) is 0.417. The Morgan fingerprint density at radius 3 is 2.40 bits per heavy atom. The second-order valence-corrected chi connectivity index (χ2v) is 10.1. The number of hydrogen-bond acceptors (Lipinski definition) is 5. The van der Waals surface area contributed by atoms with Gasteiger partial charge < -0.3 is 25.4 Å². The minimum atomic E-state index is -1.75. The van der Waals surface area contributed by atoms with Crippen LogP contribution in [0.1, 0.15) is 45.3 Å². The summed E-state index contributed by atoms with van der Waals surface area (Å²) in [4.78, 5) is 27.0. The number of nitrogens with two attached hydrogens (primary N) is 1. The lowest BCUT2D eigenvalue weighted by atomic mass is 10.1. The number of nitrogens with one attached hydrogen (secondary N) is 1. The fourth-order valence-corrected chi connectivity index (χ4v) is 4.00. The normalized spacial score (nSPS) is 15.6. The largest absolute Gasteiger partial charge is 0.444 e. The van der Waals surface area contributed by atoms with Crippen LogP contribution in [0.4, 0.5) is 29.3 Å². The molecule has 0 aromatic heterocycles. The molecule has 1 fully saturated rings. The zero-order valence-electron chi connectivity index (χ0n) is 19.5. The third-order valence-corrected chi connectivity index (χ3v) is 5.75. The summed E-state index contributed by atoms with van der Waals surface area (Å²) in [6.07, 6.45) is -1.19. The minimum Gasteiger partial charge on any atom is -0.444 e.